The van der Waals surface area contributed by atoms with Gasteiger partial charge < -0.3 is 10.2 Å². The van der Waals surface area contributed by atoms with Crippen molar-refractivity contribution in [2.24, 2.45) is 34.5 Å². The summed E-state index contributed by atoms with van der Waals surface area (Å²) in [4.78, 5) is 24.1. The SMILES string of the molecule is C[C@]12C[C@H](O)[C@H]3[C@@H](CCC4=CC(=O)CC[C@@]43C)[C@@H]1CC[C@@H]2C(=O)C(O)(F)F. The lowest BCUT2D eigenvalue weighted by atomic mass is 9.46. The third-order valence-corrected chi connectivity index (χ3v) is 8.51. The molecule has 0 aromatic heterocycles. The molecule has 0 radical (unpaired) electrons. The summed E-state index contributed by atoms with van der Waals surface area (Å²) in [6, 6.07) is 0. The molecule has 0 amide bonds. The van der Waals surface area contributed by atoms with E-state index in [1.54, 1.807) is 6.08 Å². The molecule has 4 nitrogen and oxygen atoms in total. The normalized spacial score (nSPS) is 47.0. The molecule has 2 N–H and O–H groups in total. The number of alkyl halides is 2. The molecule has 0 aromatic rings. The summed E-state index contributed by atoms with van der Waals surface area (Å²) in [5.41, 5.74) is 0.169. The average Bonchev–Trinajstić information content (AvgIpc) is 2.90. The van der Waals surface area contributed by atoms with Crippen molar-refractivity contribution in [2.75, 3.05) is 0 Å². The van der Waals surface area contributed by atoms with Gasteiger partial charge in [-0.15, -0.1) is 0 Å². The van der Waals surface area contributed by atoms with Crippen LogP contribution < -0.4 is 0 Å². The van der Waals surface area contributed by atoms with E-state index >= 15 is 0 Å². The summed E-state index contributed by atoms with van der Waals surface area (Å²) in [7, 11) is 0. The van der Waals surface area contributed by atoms with Gasteiger partial charge in [0.15, 0.2) is 5.78 Å². The van der Waals surface area contributed by atoms with Gasteiger partial charge >= 0.3 is 6.11 Å². The van der Waals surface area contributed by atoms with Gasteiger partial charge in [-0.3, -0.25) is 9.59 Å². The van der Waals surface area contributed by atoms with Crippen LogP contribution >= 0.6 is 0 Å². The molecular weight excluding hydrogens is 354 g/mol. The van der Waals surface area contributed by atoms with E-state index in [2.05, 4.69) is 6.92 Å². The van der Waals surface area contributed by atoms with Crippen LogP contribution in [0.4, 0.5) is 8.78 Å². The molecule has 0 bridgehead atoms. The van der Waals surface area contributed by atoms with Crippen molar-refractivity contribution in [3.05, 3.63) is 11.6 Å². The largest absolute Gasteiger partial charge is 0.414 e. The van der Waals surface area contributed by atoms with E-state index in [-0.39, 0.29) is 29.0 Å². The molecule has 0 unspecified atom stereocenters. The van der Waals surface area contributed by atoms with E-state index in [1.807, 2.05) is 6.92 Å². The molecule has 0 heterocycles. The fraction of sp³-hybridized carbons (Fsp3) is 0.810. The molecule has 3 saturated carbocycles. The Bertz CT molecular complexity index is 711. The lowest BCUT2D eigenvalue weighted by molar-refractivity contribution is -0.213. The number of halogens is 2. The quantitative estimate of drug-likeness (QED) is 0.769. The molecule has 4 aliphatic rings. The maximum Gasteiger partial charge on any atom is 0.414 e. The van der Waals surface area contributed by atoms with Gasteiger partial charge in [0.1, 0.15) is 0 Å². The van der Waals surface area contributed by atoms with E-state index < -0.39 is 29.3 Å². The van der Waals surface area contributed by atoms with Gasteiger partial charge in [-0.25, -0.2) is 0 Å². The van der Waals surface area contributed by atoms with Gasteiger partial charge in [-0.2, -0.15) is 8.78 Å². The van der Waals surface area contributed by atoms with Gasteiger partial charge in [0.05, 0.1) is 6.10 Å². The zero-order chi connectivity index (χ0) is 19.8. The molecule has 0 aromatic carbocycles. The van der Waals surface area contributed by atoms with Crippen LogP contribution in [0.15, 0.2) is 11.6 Å². The van der Waals surface area contributed by atoms with Crippen LogP contribution in [0.1, 0.15) is 58.8 Å². The van der Waals surface area contributed by atoms with Crippen molar-refractivity contribution in [1.82, 2.24) is 0 Å². The summed E-state index contributed by atoms with van der Waals surface area (Å²) in [5.74, 6) is -1.95. The number of ketones is 2. The van der Waals surface area contributed by atoms with Crippen molar-refractivity contribution in [1.29, 1.82) is 0 Å². The molecule has 3 fully saturated rings. The van der Waals surface area contributed by atoms with Gasteiger partial charge in [0.25, 0.3) is 0 Å². The summed E-state index contributed by atoms with van der Waals surface area (Å²) in [5, 5.41) is 20.1. The Balaban J connectivity index is 1.69. The Kier molecular flexibility index (Phi) is 4.21. The second-order valence-electron chi connectivity index (χ2n) is 9.70. The number of carbonyl (C=O) groups excluding carboxylic acids is 2. The number of rotatable bonds is 2. The number of hydrogen-bond acceptors (Lipinski definition) is 4. The van der Waals surface area contributed by atoms with Crippen LogP contribution in [0.2, 0.25) is 0 Å². The number of aliphatic hydroxyl groups is 2. The van der Waals surface area contributed by atoms with E-state index in [4.69, 9.17) is 5.11 Å². The fourth-order valence-electron chi connectivity index (χ4n) is 7.33. The van der Waals surface area contributed by atoms with Crippen molar-refractivity contribution < 1.29 is 28.6 Å². The van der Waals surface area contributed by atoms with E-state index in [0.29, 0.717) is 25.7 Å². The summed E-state index contributed by atoms with van der Waals surface area (Å²) in [6.07, 6.45) is 0.850. The molecule has 0 aliphatic heterocycles. The van der Waals surface area contributed by atoms with Crippen LogP contribution in [0.25, 0.3) is 0 Å². The zero-order valence-electron chi connectivity index (χ0n) is 15.9. The Morgan fingerprint density at radius 1 is 1.22 bits per heavy atom. The number of hydrogen-bond donors (Lipinski definition) is 2. The zero-order valence-corrected chi connectivity index (χ0v) is 15.9. The topological polar surface area (TPSA) is 74.6 Å². The Labute approximate surface area is 158 Å². The minimum atomic E-state index is -4.32. The van der Waals surface area contributed by atoms with Crippen LogP contribution in [-0.2, 0) is 9.59 Å². The number of allylic oxidation sites excluding steroid dienone is 1. The Morgan fingerprint density at radius 2 is 1.93 bits per heavy atom. The standard InChI is InChI=1S/C21H28F2O4/c1-19-8-7-12(24)9-11(19)3-4-13-14-5-6-15(18(26)21(22,23)27)20(14,2)10-16(25)17(13)19/h9,13-17,25,27H,3-8,10H2,1-2H3/t13-,14-,15+,16-,17+,19-,20-/m0/s1. The first-order chi connectivity index (χ1) is 12.5. The lowest BCUT2D eigenvalue weighted by Gasteiger charge is -2.59. The molecule has 4 rings (SSSR count). The van der Waals surface area contributed by atoms with Crippen molar-refractivity contribution in [2.45, 2.75) is 71.0 Å². The van der Waals surface area contributed by atoms with Crippen molar-refractivity contribution >= 4 is 11.6 Å². The van der Waals surface area contributed by atoms with E-state index in [9.17, 15) is 23.5 Å². The molecule has 6 heteroatoms. The highest BCUT2D eigenvalue weighted by Crippen LogP contribution is 2.67. The van der Waals surface area contributed by atoms with Crippen LogP contribution in [0.3, 0.4) is 0 Å². The van der Waals surface area contributed by atoms with Crippen LogP contribution in [0.5, 0.6) is 0 Å². The smallest absolute Gasteiger partial charge is 0.393 e. The molecule has 0 saturated heterocycles. The number of carbonyl (C=O) groups is 2. The highest BCUT2D eigenvalue weighted by atomic mass is 19.3. The van der Waals surface area contributed by atoms with E-state index in [1.165, 1.54) is 0 Å². The predicted octanol–water partition coefficient (Wildman–Crippen LogP) is 3.26. The molecule has 27 heavy (non-hydrogen) atoms. The van der Waals surface area contributed by atoms with Crippen LogP contribution in [-0.4, -0.2) is 34.0 Å². The average molecular weight is 382 g/mol. The second-order valence-corrected chi connectivity index (χ2v) is 9.70. The molecular formula is C21H28F2O4. The summed E-state index contributed by atoms with van der Waals surface area (Å²) < 4.78 is 26.7. The first kappa shape index (κ1) is 19.2. The molecule has 7 atom stereocenters. The first-order valence-corrected chi connectivity index (χ1v) is 10.0. The number of aliphatic hydroxyl groups excluding tert-OH is 1. The Morgan fingerprint density at radius 3 is 2.59 bits per heavy atom. The summed E-state index contributed by atoms with van der Waals surface area (Å²) >= 11 is 0. The van der Waals surface area contributed by atoms with Crippen molar-refractivity contribution in [3.8, 4) is 0 Å². The second kappa shape index (κ2) is 5.93. The number of fused-ring (bicyclic) bond motifs is 5. The van der Waals surface area contributed by atoms with Crippen molar-refractivity contribution in [3.63, 3.8) is 0 Å². The monoisotopic (exact) mass is 382 g/mol. The van der Waals surface area contributed by atoms with Gasteiger partial charge in [-0.1, -0.05) is 19.4 Å². The Hall–Kier alpha value is -1.14. The summed E-state index contributed by atoms with van der Waals surface area (Å²) in [6.45, 7) is 3.98. The minimum absolute atomic E-state index is 0.00726. The first-order valence-electron chi connectivity index (χ1n) is 10.0. The van der Waals surface area contributed by atoms with Gasteiger partial charge in [-0.05, 0) is 73.2 Å². The third kappa shape index (κ3) is 2.66. The highest BCUT2D eigenvalue weighted by molar-refractivity contribution is 5.91. The minimum Gasteiger partial charge on any atom is -0.393 e. The fourth-order valence-corrected chi connectivity index (χ4v) is 7.33. The molecule has 0 spiro atoms. The van der Waals surface area contributed by atoms with Gasteiger partial charge in [0.2, 0.25) is 5.78 Å². The van der Waals surface area contributed by atoms with Crippen LogP contribution in [0, 0.1) is 34.5 Å². The molecule has 150 valence electrons. The highest BCUT2D eigenvalue weighted by Gasteiger charge is 2.64. The lowest BCUT2D eigenvalue weighted by Crippen LogP contribution is -2.57. The number of Topliss-reactive ketones (excluding diaryl/α,β-unsaturated/α-hetero) is 1. The van der Waals surface area contributed by atoms with Gasteiger partial charge in [0, 0.05) is 12.3 Å². The maximum atomic E-state index is 13.3. The third-order valence-electron chi connectivity index (χ3n) is 8.51. The molecule has 4 aliphatic carbocycles. The maximum absolute atomic E-state index is 13.3. The predicted molar refractivity (Wildman–Crippen MR) is 93.8 cm³/mol. The van der Waals surface area contributed by atoms with E-state index in [0.717, 1.165) is 24.8 Å².